The summed E-state index contributed by atoms with van der Waals surface area (Å²) in [7, 11) is 1.33. The van der Waals surface area contributed by atoms with E-state index in [0.717, 1.165) is 11.6 Å². The predicted octanol–water partition coefficient (Wildman–Crippen LogP) is 1.96. The Balaban J connectivity index is 0. The molecule has 0 amide bonds. The molecule has 20 heteroatoms. The topological polar surface area (TPSA) is 170 Å². The number of rotatable bonds is 24. The van der Waals surface area contributed by atoms with Crippen molar-refractivity contribution in [1.29, 1.82) is 0 Å². The fourth-order valence-corrected chi connectivity index (χ4v) is 10.6. The molecule has 0 bridgehead atoms. The van der Waals surface area contributed by atoms with Crippen molar-refractivity contribution in [2.75, 3.05) is 103 Å². The lowest BCUT2D eigenvalue weighted by Crippen LogP contribution is -2.58. The number of aliphatic hydroxyl groups is 1. The van der Waals surface area contributed by atoms with Gasteiger partial charge in [0, 0.05) is 95.1 Å². The summed E-state index contributed by atoms with van der Waals surface area (Å²) < 4.78 is 74.1. The Labute approximate surface area is 304 Å². The van der Waals surface area contributed by atoms with Crippen molar-refractivity contribution in [2.24, 2.45) is 0 Å². The average Bonchev–Trinajstić information content (AvgIpc) is 4.00. The van der Waals surface area contributed by atoms with Gasteiger partial charge in [0.05, 0.1) is 12.8 Å². The average molecular weight is 793 g/mol. The van der Waals surface area contributed by atoms with E-state index in [1.807, 2.05) is 58.0 Å². The maximum absolute atomic E-state index is 10.2. The molecule has 1 heterocycles. The highest BCUT2D eigenvalue weighted by atomic mass is 28.4. The molecule has 1 N–H and O–H groups in total. The smallest absolute Gasteiger partial charge is 0.394 e. The molecule has 0 aromatic heterocycles. The third-order valence-electron chi connectivity index (χ3n) is 6.71. The minimum atomic E-state index is -2.82. The van der Waals surface area contributed by atoms with Gasteiger partial charge in [-0.15, -0.1) is 0 Å². The summed E-state index contributed by atoms with van der Waals surface area (Å²) in [6, 6.07) is 9.72. The number of carbonyl (C=O) groups is 1. The van der Waals surface area contributed by atoms with Crippen LogP contribution in [0.3, 0.4) is 0 Å². The van der Waals surface area contributed by atoms with Gasteiger partial charge in [-0.05, 0) is 34.1 Å². The van der Waals surface area contributed by atoms with Crippen LogP contribution in [0.2, 0.25) is 0 Å². The molecule has 1 saturated heterocycles. The second-order valence-electron chi connectivity index (χ2n) is 9.64. The van der Waals surface area contributed by atoms with Crippen LogP contribution >= 0.6 is 0 Å². The number of aliphatic hydroxyl groups excluding tert-OH is 1. The van der Waals surface area contributed by atoms with Gasteiger partial charge in [-0.25, -0.2) is 0 Å². The van der Waals surface area contributed by atoms with Crippen molar-refractivity contribution in [3.8, 4) is 0 Å². The SMILES string of the molecule is CCCOC(C1CO1)[Si](OC)(OC)OC.CCO[Si](OCC)(OCC)OCC.CO[Si](C=O)(CO)OC.CO[Si](OC)(OC)c1ccccc1. The Morgan fingerprint density at radius 3 is 1.38 bits per heavy atom. The number of ether oxygens (including phenoxy) is 2. The zero-order chi connectivity index (χ0) is 38.5. The van der Waals surface area contributed by atoms with Crippen LogP contribution < -0.4 is 5.19 Å². The normalized spacial score (nSPS) is 15.0. The lowest BCUT2D eigenvalue weighted by molar-refractivity contribution is -0.0247. The lowest BCUT2D eigenvalue weighted by atomic mass is 10.4. The molecular formula is C30H64O16Si4. The van der Waals surface area contributed by atoms with Gasteiger partial charge in [-0.2, -0.15) is 0 Å². The van der Waals surface area contributed by atoms with Crippen molar-refractivity contribution in [3.63, 3.8) is 0 Å². The Morgan fingerprint density at radius 1 is 0.720 bits per heavy atom. The van der Waals surface area contributed by atoms with E-state index in [-0.39, 0.29) is 18.1 Å². The summed E-state index contributed by atoms with van der Waals surface area (Å²) in [4.78, 5) is 10.2. The first-order chi connectivity index (χ1) is 24.0. The third kappa shape index (κ3) is 17.3. The number of hydrogen-bond acceptors (Lipinski definition) is 16. The zero-order valence-electron chi connectivity index (χ0n) is 32.3. The molecule has 2 atom stereocenters. The van der Waals surface area contributed by atoms with Crippen LogP contribution in [0.1, 0.15) is 41.0 Å². The van der Waals surface area contributed by atoms with Crippen LogP contribution in [-0.4, -0.2) is 161 Å². The monoisotopic (exact) mass is 792 g/mol. The van der Waals surface area contributed by atoms with E-state index in [0.29, 0.717) is 45.6 Å². The first-order valence-corrected chi connectivity index (χ1v) is 23.6. The first kappa shape index (κ1) is 51.3. The Bertz CT molecular complexity index is 869. The second-order valence-corrected chi connectivity index (χ2v) is 20.7. The van der Waals surface area contributed by atoms with E-state index in [4.69, 9.17) is 58.8 Å². The van der Waals surface area contributed by atoms with Crippen LogP contribution in [0, 0.1) is 0 Å². The van der Waals surface area contributed by atoms with E-state index in [1.165, 1.54) is 14.2 Å². The van der Waals surface area contributed by atoms with E-state index >= 15 is 0 Å². The highest BCUT2D eigenvalue weighted by molar-refractivity contribution is 6.91. The highest BCUT2D eigenvalue weighted by Crippen LogP contribution is 2.27. The summed E-state index contributed by atoms with van der Waals surface area (Å²) in [5.41, 5.74) is -0.211. The quantitative estimate of drug-likeness (QED) is 0.0915. The Morgan fingerprint density at radius 2 is 1.14 bits per heavy atom. The van der Waals surface area contributed by atoms with Crippen LogP contribution in [0.15, 0.2) is 30.3 Å². The van der Waals surface area contributed by atoms with Crippen molar-refractivity contribution in [1.82, 2.24) is 0 Å². The highest BCUT2D eigenvalue weighted by Gasteiger charge is 2.56. The summed E-state index contributed by atoms with van der Waals surface area (Å²) in [5, 5.41) is 9.53. The molecule has 0 radical (unpaired) electrons. The molecule has 16 nitrogen and oxygen atoms in total. The number of hydrogen-bond donors (Lipinski definition) is 1. The molecule has 2 unspecified atom stereocenters. The molecule has 1 aliphatic rings. The minimum Gasteiger partial charge on any atom is -0.394 e. The second kappa shape index (κ2) is 29.6. The van der Waals surface area contributed by atoms with E-state index in [1.54, 1.807) is 42.7 Å². The molecule has 2 rings (SSSR count). The standard InChI is InChI=1S/C9H20O5Si.C9H14O3Si.C8H20O4Si.C4H10O4Si/c1-5-6-13-9(8-7-14-8)15(10-2,11-3)12-4;1-10-13(11-2,12-3)9-7-5-4-6-8-9;1-5-9-13(10-6-2,11-7-3)12-8-4;1-7-9(3-5,4-6)8-2/h8-9H,5-7H2,1-4H3;4-8H,1-3H3;5-8H2,1-4H3;3,6H,4H2,1-2H3. The lowest BCUT2D eigenvalue weighted by Gasteiger charge is -2.31. The summed E-state index contributed by atoms with van der Waals surface area (Å²) in [5.74, 6) is 0.549. The summed E-state index contributed by atoms with van der Waals surface area (Å²) in [6.07, 6.45) is 0.678. The molecule has 0 aliphatic carbocycles. The molecule has 1 fully saturated rings. The number of epoxide rings is 1. The van der Waals surface area contributed by atoms with Gasteiger partial charge < -0.3 is 72.5 Å². The van der Waals surface area contributed by atoms with Crippen molar-refractivity contribution in [2.45, 2.75) is 52.9 Å². The molecule has 1 aromatic carbocycles. The van der Waals surface area contributed by atoms with Crippen LogP contribution in [0.4, 0.5) is 0 Å². The maximum Gasteiger partial charge on any atom is 0.679 e. The Hall–Kier alpha value is -0.842. The van der Waals surface area contributed by atoms with Crippen LogP contribution in [-0.2, 0) is 67.4 Å². The van der Waals surface area contributed by atoms with Gasteiger partial charge >= 0.3 is 35.2 Å². The fourth-order valence-electron chi connectivity index (χ4n) is 4.06. The molecule has 0 saturated carbocycles. The van der Waals surface area contributed by atoms with Gasteiger partial charge in [0.15, 0.2) is 11.6 Å². The van der Waals surface area contributed by atoms with Crippen LogP contribution in [0.25, 0.3) is 0 Å². The largest absolute Gasteiger partial charge is 0.679 e. The number of carbonyl (C=O) groups excluding carboxylic acids is 1. The van der Waals surface area contributed by atoms with Gasteiger partial charge in [0.2, 0.25) is 0 Å². The van der Waals surface area contributed by atoms with Gasteiger partial charge in [-0.3, -0.25) is 0 Å². The van der Waals surface area contributed by atoms with Crippen LogP contribution in [0.5, 0.6) is 0 Å². The van der Waals surface area contributed by atoms with Gasteiger partial charge in [0.1, 0.15) is 6.10 Å². The Kier molecular flexibility index (Phi) is 30.3. The van der Waals surface area contributed by atoms with Crippen molar-refractivity contribution < 1.29 is 72.5 Å². The number of benzene rings is 1. The maximum atomic E-state index is 10.2. The zero-order valence-corrected chi connectivity index (χ0v) is 36.3. The predicted molar refractivity (Wildman–Crippen MR) is 195 cm³/mol. The molecular weight excluding hydrogens is 729 g/mol. The van der Waals surface area contributed by atoms with E-state index in [9.17, 15) is 4.79 Å². The molecule has 296 valence electrons. The molecule has 0 spiro atoms. The van der Waals surface area contributed by atoms with Crippen molar-refractivity contribution in [3.05, 3.63) is 30.3 Å². The third-order valence-corrected chi connectivity index (χ3v) is 17.1. The van der Waals surface area contributed by atoms with Crippen molar-refractivity contribution >= 4 is 46.3 Å². The molecule has 1 aliphatic heterocycles. The van der Waals surface area contributed by atoms with E-state index < -0.39 is 35.2 Å². The minimum absolute atomic E-state index is 0.0584. The fraction of sp³-hybridized carbons (Fsp3) is 0.767. The first-order valence-electron chi connectivity index (χ1n) is 16.3. The van der Waals surface area contributed by atoms with Gasteiger partial charge in [0.25, 0.3) is 0 Å². The summed E-state index contributed by atoms with van der Waals surface area (Å²) >= 11 is 0. The molecule has 50 heavy (non-hydrogen) atoms. The molecule has 1 aromatic rings. The summed E-state index contributed by atoms with van der Waals surface area (Å²) in [6.45, 7) is 13.2. The van der Waals surface area contributed by atoms with Gasteiger partial charge in [-0.1, -0.05) is 37.3 Å². The van der Waals surface area contributed by atoms with E-state index in [2.05, 4.69) is 15.8 Å².